The van der Waals surface area contributed by atoms with Crippen molar-refractivity contribution in [2.24, 2.45) is 0 Å². The first kappa shape index (κ1) is 17.8. The number of nitrogens with zero attached hydrogens (tertiary/aromatic N) is 3. The zero-order valence-corrected chi connectivity index (χ0v) is 14.4. The van der Waals surface area contributed by atoms with Gasteiger partial charge in [-0.15, -0.1) is 0 Å². The Balaban J connectivity index is 1.77. The molecule has 2 heterocycles. The summed E-state index contributed by atoms with van der Waals surface area (Å²) in [6, 6.07) is 10.1. The summed E-state index contributed by atoms with van der Waals surface area (Å²) in [7, 11) is 0. The third-order valence-electron chi connectivity index (χ3n) is 3.24. The van der Waals surface area contributed by atoms with Crippen molar-refractivity contribution >= 4 is 23.4 Å². The van der Waals surface area contributed by atoms with Gasteiger partial charge in [-0.2, -0.15) is 18.2 Å². The van der Waals surface area contributed by atoms with Crippen molar-refractivity contribution in [3.05, 3.63) is 59.1 Å². The maximum Gasteiger partial charge on any atom is 0.417 e. The minimum Gasteiger partial charge on any atom is -0.338 e. The second-order valence-electron chi connectivity index (χ2n) is 5.09. The number of rotatable bonds is 4. The molecule has 25 heavy (non-hydrogen) atoms. The minimum atomic E-state index is -4.48. The summed E-state index contributed by atoms with van der Waals surface area (Å²) in [5, 5.41) is 3.78. The van der Waals surface area contributed by atoms with E-state index in [0.29, 0.717) is 11.7 Å². The first-order chi connectivity index (χ1) is 11.8. The summed E-state index contributed by atoms with van der Waals surface area (Å²) in [5.41, 5.74) is -0.0842. The molecule has 0 saturated heterocycles. The number of halogens is 4. The van der Waals surface area contributed by atoms with Gasteiger partial charge in [-0.25, -0.2) is 4.98 Å². The maximum atomic E-state index is 12.7. The highest BCUT2D eigenvalue weighted by atomic mass is 35.5. The molecule has 0 spiro atoms. The van der Waals surface area contributed by atoms with E-state index in [9.17, 15) is 13.2 Å². The molecule has 130 valence electrons. The number of thioether (sulfide) groups is 1. The van der Waals surface area contributed by atoms with E-state index >= 15 is 0 Å². The summed E-state index contributed by atoms with van der Waals surface area (Å²) < 4.78 is 43.2. The van der Waals surface area contributed by atoms with Crippen LogP contribution in [0.4, 0.5) is 13.2 Å². The molecule has 9 heteroatoms. The van der Waals surface area contributed by atoms with Crippen molar-refractivity contribution in [2.75, 3.05) is 0 Å². The van der Waals surface area contributed by atoms with Gasteiger partial charge in [0.05, 0.1) is 15.8 Å². The average Bonchev–Trinajstić information content (AvgIpc) is 3.07. The van der Waals surface area contributed by atoms with E-state index in [1.807, 2.05) is 30.3 Å². The molecule has 1 aromatic carbocycles. The van der Waals surface area contributed by atoms with Crippen molar-refractivity contribution in [3.63, 3.8) is 0 Å². The fraction of sp³-hybridized carbons (Fsp3) is 0.188. The van der Waals surface area contributed by atoms with Gasteiger partial charge in [0, 0.05) is 11.8 Å². The molecule has 0 aliphatic carbocycles. The van der Waals surface area contributed by atoms with Gasteiger partial charge >= 0.3 is 6.18 Å². The predicted molar refractivity (Wildman–Crippen MR) is 88.3 cm³/mol. The maximum absolute atomic E-state index is 12.7. The molecule has 0 aliphatic rings. The SMILES string of the molecule is C[C@H](Sc1ncc(C(F)(F)F)cc1Cl)c1nc(-c2ccccc2)no1. The topological polar surface area (TPSA) is 51.8 Å². The highest BCUT2D eigenvalue weighted by Gasteiger charge is 2.32. The molecule has 0 unspecified atom stereocenters. The van der Waals surface area contributed by atoms with E-state index < -0.39 is 11.7 Å². The molecule has 0 radical (unpaired) electrons. The number of aromatic nitrogens is 3. The molecule has 0 bridgehead atoms. The highest BCUT2D eigenvalue weighted by Crippen LogP contribution is 2.39. The number of benzene rings is 1. The quantitative estimate of drug-likeness (QED) is 0.542. The molecule has 1 atom stereocenters. The van der Waals surface area contributed by atoms with Gasteiger partial charge in [0.15, 0.2) is 0 Å². The Bertz CT molecular complexity index is 871. The van der Waals surface area contributed by atoms with Crippen LogP contribution in [0.1, 0.15) is 23.6 Å². The summed E-state index contributed by atoms with van der Waals surface area (Å²) in [5.74, 6) is 0.774. The first-order valence-corrected chi connectivity index (χ1v) is 8.39. The van der Waals surface area contributed by atoms with Crippen molar-refractivity contribution in [1.29, 1.82) is 0 Å². The van der Waals surface area contributed by atoms with Crippen LogP contribution >= 0.6 is 23.4 Å². The van der Waals surface area contributed by atoms with Gasteiger partial charge in [-0.1, -0.05) is 58.9 Å². The zero-order valence-electron chi connectivity index (χ0n) is 12.8. The Kier molecular flexibility index (Phi) is 5.01. The molecule has 0 N–H and O–H groups in total. The van der Waals surface area contributed by atoms with E-state index in [-0.39, 0.29) is 15.3 Å². The normalized spacial score (nSPS) is 13.0. The van der Waals surface area contributed by atoms with Crippen LogP contribution in [0.25, 0.3) is 11.4 Å². The Morgan fingerprint density at radius 1 is 1.20 bits per heavy atom. The third kappa shape index (κ3) is 4.13. The summed E-state index contributed by atoms with van der Waals surface area (Å²) in [6.45, 7) is 1.78. The molecule has 0 amide bonds. The molecule has 2 aromatic heterocycles. The van der Waals surface area contributed by atoms with Gasteiger partial charge in [0.1, 0.15) is 5.03 Å². The lowest BCUT2D eigenvalue weighted by atomic mass is 10.2. The fourth-order valence-corrected chi connectivity index (χ4v) is 3.11. The lowest BCUT2D eigenvalue weighted by Crippen LogP contribution is -2.05. The van der Waals surface area contributed by atoms with Crippen molar-refractivity contribution < 1.29 is 17.7 Å². The average molecular weight is 386 g/mol. The van der Waals surface area contributed by atoms with Crippen LogP contribution in [-0.2, 0) is 6.18 Å². The molecular weight excluding hydrogens is 375 g/mol. The lowest BCUT2D eigenvalue weighted by molar-refractivity contribution is -0.137. The van der Waals surface area contributed by atoms with E-state index in [4.69, 9.17) is 16.1 Å². The molecular formula is C16H11ClF3N3OS. The van der Waals surface area contributed by atoms with E-state index in [2.05, 4.69) is 15.1 Å². The van der Waals surface area contributed by atoms with E-state index in [1.165, 1.54) is 0 Å². The lowest BCUT2D eigenvalue weighted by Gasteiger charge is -2.10. The summed E-state index contributed by atoms with van der Waals surface area (Å²) in [6.07, 6.45) is -3.73. The van der Waals surface area contributed by atoms with Crippen molar-refractivity contribution in [1.82, 2.24) is 15.1 Å². The van der Waals surface area contributed by atoms with Gasteiger partial charge < -0.3 is 4.52 Å². The Labute approximate surface area is 150 Å². The molecule has 0 fully saturated rings. The monoisotopic (exact) mass is 385 g/mol. The second kappa shape index (κ2) is 7.05. The van der Waals surface area contributed by atoms with Gasteiger partial charge in [0.25, 0.3) is 0 Å². The van der Waals surface area contributed by atoms with Gasteiger partial charge in [-0.3, -0.25) is 0 Å². The molecule has 3 aromatic rings. The minimum absolute atomic E-state index is 0.0746. The van der Waals surface area contributed by atoms with Gasteiger partial charge in [-0.05, 0) is 13.0 Å². The summed E-state index contributed by atoms with van der Waals surface area (Å²) >= 11 is 7.06. The summed E-state index contributed by atoms with van der Waals surface area (Å²) in [4.78, 5) is 8.11. The van der Waals surface area contributed by atoms with E-state index in [1.54, 1.807) is 6.92 Å². The van der Waals surface area contributed by atoms with Crippen LogP contribution in [-0.4, -0.2) is 15.1 Å². The van der Waals surface area contributed by atoms with Crippen LogP contribution in [0.15, 0.2) is 52.1 Å². The third-order valence-corrected chi connectivity index (χ3v) is 4.75. The standard InChI is InChI=1S/C16H11ClF3N3OS/c1-9(14-22-13(23-24-14)10-5-3-2-4-6-10)25-15-12(17)7-11(8-21-15)16(18,19)20/h2-9H,1H3/t9-/m0/s1. The van der Waals surface area contributed by atoms with E-state index in [0.717, 1.165) is 29.6 Å². The van der Waals surface area contributed by atoms with Crippen molar-refractivity contribution in [3.8, 4) is 11.4 Å². The molecule has 0 aliphatic heterocycles. The van der Waals surface area contributed by atoms with Crippen LogP contribution < -0.4 is 0 Å². The second-order valence-corrected chi connectivity index (χ2v) is 6.83. The largest absolute Gasteiger partial charge is 0.417 e. The molecule has 4 nitrogen and oxygen atoms in total. The number of hydrogen-bond donors (Lipinski definition) is 0. The van der Waals surface area contributed by atoms with Gasteiger partial charge in [0.2, 0.25) is 11.7 Å². The number of hydrogen-bond acceptors (Lipinski definition) is 5. The van der Waals surface area contributed by atoms with Crippen LogP contribution in [0.5, 0.6) is 0 Å². The van der Waals surface area contributed by atoms with Crippen LogP contribution in [0.3, 0.4) is 0 Å². The molecule has 0 saturated carbocycles. The van der Waals surface area contributed by atoms with Crippen LogP contribution in [0, 0.1) is 0 Å². The number of alkyl halides is 3. The Hall–Kier alpha value is -2.06. The molecule has 3 rings (SSSR count). The predicted octanol–water partition coefficient (Wildman–Crippen LogP) is 5.66. The highest BCUT2D eigenvalue weighted by molar-refractivity contribution is 7.99. The Morgan fingerprint density at radius 2 is 1.92 bits per heavy atom. The zero-order chi connectivity index (χ0) is 18.0. The fourth-order valence-electron chi connectivity index (χ4n) is 1.99. The first-order valence-electron chi connectivity index (χ1n) is 7.13. The Morgan fingerprint density at radius 3 is 2.56 bits per heavy atom. The smallest absolute Gasteiger partial charge is 0.338 e. The van der Waals surface area contributed by atoms with Crippen molar-refractivity contribution in [2.45, 2.75) is 23.4 Å². The number of pyridine rings is 1. The van der Waals surface area contributed by atoms with Crippen LogP contribution in [0.2, 0.25) is 5.02 Å².